The van der Waals surface area contributed by atoms with Crippen molar-refractivity contribution in [1.29, 1.82) is 0 Å². The lowest BCUT2D eigenvalue weighted by Gasteiger charge is -2.30. The molecule has 3 rings (SSSR count). The Kier molecular flexibility index (Phi) is 4.86. The molecule has 0 radical (unpaired) electrons. The van der Waals surface area contributed by atoms with Crippen LogP contribution in [0.25, 0.3) is 6.08 Å². The van der Waals surface area contributed by atoms with Gasteiger partial charge >= 0.3 is 0 Å². The summed E-state index contributed by atoms with van der Waals surface area (Å²) in [5, 5.41) is 0. The van der Waals surface area contributed by atoms with E-state index in [-0.39, 0.29) is 5.75 Å². The number of amides is 1. The molecular weight excluding hydrogens is 328 g/mol. The summed E-state index contributed by atoms with van der Waals surface area (Å²) in [6.07, 6.45) is 5.75. The van der Waals surface area contributed by atoms with Crippen molar-refractivity contribution in [3.63, 3.8) is 0 Å². The van der Waals surface area contributed by atoms with Crippen LogP contribution >= 0.6 is 0 Å². The van der Waals surface area contributed by atoms with Gasteiger partial charge in [-0.2, -0.15) is 0 Å². The summed E-state index contributed by atoms with van der Waals surface area (Å²) in [5.74, 6) is -0.352. The first-order valence-corrected chi connectivity index (χ1v) is 9.76. The van der Waals surface area contributed by atoms with E-state index in [0.29, 0.717) is 43.9 Å². The maximum Gasteiger partial charge on any atom is 0.246 e. The zero-order valence-electron chi connectivity index (χ0n) is 13.5. The highest BCUT2D eigenvalue weighted by Crippen LogP contribution is 2.27. The number of carbonyl (C=O) groups excluding carboxylic acids is 1. The van der Waals surface area contributed by atoms with Crippen molar-refractivity contribution >= 4 is 27.7 Å². The third-order valence-electron chi connectivity index (χ3n) is 4.43. The number of anilines is 1. The Morgan fingerprint density at radius 1 is 1.29 bits per heavy atom. The SMILES string of the molecule is NC(=O)C1=Cc2ncccc2N(CCCS(=O)(=O)N2CCCC2)C1. The molecule has 1 amide bonds. The zero-order chi connectivity index (χ0) is 17.2. The second-order valence-electron chi connectivity index (χ2n) is 6.14. The summed E-state index contributed by atoms with van der Waals surface area (Å²) in [4.78, 5) is 17.8. The molecular formula is C16H22N4O3S. The minimum absolute atomic E-state index is 0.120. The number of rotatable bonds is 6. The van der Waals surface area contributed by atoms with Crippen molar-refractivity contribution in [3.05, 3.63) is 29.6 Å². The summed E-state index contributed by atoms with van der Waals surface area (Å²) in [7, 11) is -3.18. The van der Waals surface area contributed by atoms with Crippen molar-refractivity contribution in [2.24, 2.45) is 5.73 Å². The van der Waals surface area contributed by atoms with Crippen LogP contribution in [-0.2, 0) is 14.8 Å². The fourth-order valence-corrected chi connectivity index (χ4v) is 4.74. The van der Waals surface area contributed by atoms with E-state index in [4.69, 9.17) is 5.73 Å². The van der Waals surface area contributed by atoms with Gasteiger partial charge in [0.15, 0.2) is 0 Å². The number of hydrogen-bond acceptors (Lipinski definition) is 5. The molecule has 7 nitrogen and oxygen atoms in total. The fourth-order valence-electron chi connectivity index (χ4n) is 3.17. The van der Waals surface area contributed by atoms with Gasteiger partial charge in [-0.3, -0.25) is 9.78 Å². The Morgan fingerprint density at radius 2 is 2.04 bits per heavy atom. The predicted octanol–water partition coefficient (Wildman–Crippen LogP) is 0.586. The standard InChI is InChI=1S/C16H22N4O3S/c17-16(21)13-11-14-15(5-3-6-18-14)19(12-13)7-4-10-24(22,23)20-8-1-2-9-20/h3,5-6,11H,1-2,4,7-10,12H2,(H2,17,21). The zero-order valence-corrected chi connectivity index (χ0v) is 14.3. The minimum atomic E-state index is -3.18. The first-order chi connectivity index (χ1) is 11.5. The number of sulfonamides is 1. The molecule has 1 fully saturated rings. The smallest absolute Gasteiger partial charge is 0.246 e. The molecule has 1 aromatic rings. The lowest BCUT2D eigenvalue weighted by Crippen LogP contribution is -2.36. The molecule has 2 N–H and O–H groups in total. The summed E-state index contributed by atoms with van der Waals surface area (Å²) in [6, 6.07) is 3.75. The van der Waals surface area contributed by atoms with Gasteiger partial charge in [0.25, 0.3) is 0 Å². The van der Waals surface area contributed by atoms with Crippen molar-refractivity contribution in [1.82, 2.24) is 9.29 Å². The summed E-state index contributed by atoms with van der Waals surface area (Å²) < 4.78 is 26.2. The first kappa shape index (κ1) is 16.9. The van der Waals surface area contributed by atoms with Crippen molar-refractivity contribution in [2.45, 2.75) is 19.3 Å². The predicted molar refractivity (Wildman–Crippen MR) is 92.8 cm³/mol. The first-order valence-electron chi connectivity index (χ1n) is 8.15. The van der Waals surface area contributed by atoms with Crippen LogP contribution in [0, 0.1) is 0 Å². The number of nitrogens with zero attached hydrogens (tertiary/aromatic N) is 3. The van der Waals surface area contributed by atoms with E-state index in [9.17, 15) is 13.2 Å². The van der Waals surface area contributed by atoms with Crippen LogP contribution in [0.1, 0.15) is 25.0 Å². The number of nitrogens with two attached hydrogens (primary N) is 1. The Morgan fingerprint density at radius 3 is 2.75 bits per heavy atom. The number of carbonyl (C=O) groups is 1. The Balaban J connectivity index is 1.67. The third kappa shape index (κ3) is 3.59. The van der Waals surface area contributed by atoms with Gasteiger partial charge in [-0.05, 0) is 37.5 Å². The molecule has 3 heterocycles. The number of fused-ring (bicyclic) bond motifs is 1. The van der Waals surface area contributed by atoms with Crippen molar-refractivity contribution < 1.29 is 13.2 Å². The quantitative estimate of drug-likeness (QED) is 0.810. The van der Waals surface area contributed by atoms with Crippen LogP contribution in [0.2, 0.25) is 0 Å². The van der Waals surface area contributed by atoms with Crippen molar-refractivity contribution in [3.8, 4) is 0 Å². The molecule has 130 valence electrons. The largest absolute Gasteiger partial charge is 0.366 e. The monoisotopic (exact) mass is 350 g/mol. The molecule has 0 unspecified atom stereocenters. The van der Waals surface area contributed by atoms with E-state index < -0.39 is 15.9 Å². The second kappa shape index (κ2) is 6.90. The lowest BCUT2D eigenvalue weighted by molar-refractivity contribution is -0.114. The van der Waals surface area contributed by atoms with Crippen LogP contribution in [-0.4, -0.2) is 55.5 Å². The average Bonchev–Trinajstić information content (AvgIpc) is 3.10. The number of primary amides is 1. The third-order valence-corrected chi connectivity index (χ3v) is 6.39. The maximum absolute atomic E-state index is 12.3. The summed E-state index contributed by atoms with van der Waals surface area (Å²) in [5.41, 5.74) is 7.49. The molecule has 8 heteroatoms. The molecule has 24 heavy (non-hydrogen) atoms. The van der Waals surface area contributed by atoms with Gasteiger partial charge < -0.3 is 10.6 Å². The van der Waals surface area contributed by atoms with Crippen LogP contribution in [0.4, 0.5) is 5.69 Å². The number of hydrogen-bond donors (Lipinski definition) is 1. The number of pyridine rings is 1. The summed E-state index contributed by atoms with van der Waals surface area (Å²) in [6.45, 7) is 2.19. The van der Waals surface area contributed by atoms with Gasteiger partial charge in [0.2, 0.25) is 15.9 Å². The Hall–Kier alpha value is -1.93. The summed E-state index contributed by atoms with van der Waals surface area (Å²) >= 11 is 0. The molecule has 2 aliphatic rings. The molecule has 2 aliphatic heterocycles. The second-order valence-corrected chi connectivity index (χ2v) is 8.23. The molecule has 1 saturated heterocycles. The molecule has 0 atom stereocenters. The lowest BCUT2D eigenvalue weighted by atomic mass is 10.1. The van der Waals surface area contributed by atoms with Gasteiger partial charge in [-0.15, -0.1) is 0 Å². The van der Waals surface area contributed by atoms with E-state index in [1.807, 2.05) is 17.0 Å². The van der Waals surface area contributed by atoms with Gasteiger partial charge in [0, 0.05) is 37.9 Å². The van der Waals surface area contributed by atoms with Gasteiger partial charge in [0.1, 0.15) is 0 Å². The van der Waals surface area contributed by atoms with Gasteiger partial charge in [0.05, 0.1) is 17.1 Å². The highest BCUT2D eigenvalue weighted by Gasteiger charge is 2.26. The van der Waals surface area contributed by atoms with Crippen LogP contribution < -0.4 is 10.6 Å². The Bertz CT molecular complexity index is 754. The molecule has 0 bridgehead atoms. The Labute approximate surface area is 142 Å². The molecule has 0 aromatic carbocycles. The number of aromatic nitrogens is 1. The average molecular weight is 350 g/mol. The van der Waals surface area contributed by atoms with E-state index >= 15 is 0 Å². The van der Waals surface area contributed by atoms with Crippen LogP contribution in [0.15, 0.2) is 23.9 Å². The van der Waals surface area contributed by atoms with Crippen LogP contribution in [0.3, 0.4) is 0 Å². The topological polar surface area (TPSA) is 96.6 Å². The van der Waals surface area contributed by atoms with Crippen molar-refractivity contribution in [2.75, 3.05) is 36.8 Å². The fraction of sp³-hybridized carbons (Fsp3) is 0.500. The van der Waals surface area contributed by atoms with Gasteiger partial charge in [-0.1, -0.05) is 0 Å². The molecule has 0 saturated carbocycles. The molecule has 0 aliphatic carbocycles. The highest BCUT2D eigenvalue weighted by atomic mass is 32.2. The minimum Gasteiger partial charge on any atom is -0.366 e. The van der Waals surface area contributed by atoms with Crippen LogP contribution in [0.5, 0.6) is 0 Å². The molecule has 0 spiro atoms. The van der Waals surface area contributed by atoms with Gasteiger partial charge in [-0.25, -0.2) is 12.7 Å². The van der Waals surface area contributed by atoms with E-state index in [1.54, 1.807) is 16.6 Å². The molecule has 1 aromatic heterocycles. The van der Waals surface area contributed by atoms with E-state index in [0.717, 1.165) is 18.5 Å². The van der Waals surface area contributed by atoms with E-state index in [2.05, 4.69) is 4.98 Å². The highest BCUT2D eigenvalue weighted by molar-refractivity contribution is 7.89. The normalized spacial score (nSPS) is 18.3. The van der Waals surface area contributed by atoms with E-state index in [1.165, 1.54) is 0 Å². The maximum atomic E-state index is 12.3.